The minimum Gasteiger partial charge on any atom is -0.481 e. The highest BCUT2D eigenvalue weighted by molar-refractivity contribution is 5.66. The first-order valence-electron chi connectivity index (χ1n) is 11.0. The van der Waals surface area contributed by atoms with Gasteiger partial charge in [-0.15, -0.1) is 6.58 Å². The third-order valence-corrected chi connectivity index (χ3v) is 5.60. The maximum absolute atomic E-state index is 10.5. The van der Waals surface area contributed by atoms with Crippen LogP contribution in [0.1, 0.15) is 49.1 Å². The van der Waals surface area contributed by atoms with E-state index in [2.05, 4.69) is 47.5 Å². The highest BCUT2D eigenvalue weighted by Crippen LogP contribution is 2.34. The molecule has 166 valence electrons. The molecule has 1 atom stereocenters. The number of carboxylic acid groups (broad SMARTS) is 1. The van der Waals surface area contributed by atoms with E-state index in [0.717, 1.165) is 50.8 Å². The predicted octanol–water partition coefficient (Wildman–Crippen LogP) is 4.94. The average Bonchev–Trinajstić information content (AvgIpc) is 3.20. The van der Waals surface area contributed by atoms with Gasteiger partial charge >= 0.3 is 5.97 Å². The smallest absolute Gasteiger partial charge is 0.305 e. The van der Waals surface area contributed by atoms with Gasteiger partial charge in [0.2, 0.25) is 0 Å². The van der Waals surface area contributed by atoms with Gasteiger partial charge in [0.15, 0.2) is 5.76 Å². The standard InChI is InChI=1S/C25H32N2O4/c1-3-9-23-19(2)16-20-10-6-7-12-24(20)27(23)14-8-4-5-11-21-17-22(31-26-21)18-30-15-13-25(28)29/h3,6-7,10,12,17,23H,1-2,4-5,8-9,11,13-16,18H2,(H,28,29). The number of rotatable bonds is 13. The highest BCUT2D eigenvalue weighted by Gasteiger charge is 2.27. The van der Waals surface area contributed by atoms with Crippen molar-refractivity contribution < 1.29 is 19.2 Å². The molecule has 3 rings (SSSR count). The summed E-state index contributed by atoms with van der Waals surface area (Å²) in [7, 11) is 0. The van der Waals surface area contributed by atoms with Gasteiger partial charge in [-0.1, -0.05) is 48.0 Å². The lowest BCUT2D eigenvalue weighted by atomic mass is 9.89. The van der Waals surface area contributed by atoms with Crippen LogP contribution >= 0.6 is 0 Å². The van der Waals surface area contributed by atoms with Crippen LogP contribution in [-0.2, 0) is 29.0 Å². The Morgan fingerprint density at radius 1 is 1.32 bits per heavy atom. The zero-order valence-corrected chi connectivity index (χ0v) is 18.1. The number of carbonyl (C=O) groups is 1. The number of benzene rings is 1. The number of ether oxygens (including phenoxy) is 1. The molecule has 0 aliphatic carbocycles. The number of para-hydroxylation sites is 1. The highest BCUT2D eigenvalue weighted by atomic mass is 16.5. The maximum Gasteiger partial charge on any atom is 0.305 e. The molecule has 2 aromatic rings. The van der Waals surface area contributed by atoms with Crippen LogP contribution in [-0.4, -0.2) is 35.4 Å². The summed E-state index contributed by atoms with van der Waals surface area (Å²) in [5.74, 6) is -0.234. The second kappa shape index (κ2) is 11.5. The first-order chi connectivity index (χ1) is 15.1. The van der Waals surface area contributed by atoms with Crippen LogP contribution in [0.2, 0.25) is 0 Å². The fourth-order valence-corrected chi connectivity index (χ4v) is 4.06. The zero-order chi connectivity index (χ0) is 22.1. The number of anilines is 1. The molecule has 0 saturated carbocycles. The van der Waals surface area contributed by atoms with Gasteiger partial charge in [0.1, 0.15) is 6.61 Å². The van der Waals surface area contributed by atoms with Crippen LogP contribution in [0.15, 0.2) is 59.7 Å². The number of unbranched alkanes of at least 4 members (excludes halogenated alkanes) is 2. The predicted molar refractivity (Wildman–Crippen MR) is 121 cm³/mol. The van der Waals surface area contributed by atoms with E-state index in [0.29, 0.717) is 11.8 Å². The third-order valence-electron chi connectivity index (χ3n) is 5.60. The third kappa shape index (κ3) is 6.56. The molecule has 0 radical (unpaired) electrons. The quantitative estimate of drug-likeness (QED) is 0.362. The van der Waals surface area contributed by atoms with E-state index in [1.54, 1.807) is 0 Å². The molecule has 31 heavy (non-hydrogen) atoms. The van der Waals surface area contributed by atoms with Crippen LogP contribution in [0.25, 0.3) is 0 Å². The first-order valence-corrected chi connectivity index (χ1v) is 11.0. The van der Waals surface area contributed by atoms with Crippen molar-refractivity contribution in [2.75, 3.05) is 18.1 Å². The Morgan fingerprint density at radius 2 is 2.16 bits per heavy atom. The molecule has 0 saturated heterocycles. The molecule has 1 aromatic heterocycles. The summed E-state index contributed by atoms with van der Waals surface area (Å²) in [4.78, 5) is 13.0. The van der Waals surface area contributed by atoms with Crippen LogP contribution in [0, 0.1) is 0 Å². The van der Waals surface area contributed by atoms with E-state index in [1.807, 2.05) is 12.1 Å². The van der Waals surface area contributed by atoms with Gasteiger partial charge < -0.3 is 19.3 Å². The van der Waals surface area contributed by atoms with E-state index >= 15 is 0 Å². The number of aliphatic carboxylic acids is 1. The lowest BCUT2D eigenvalue weighted by molar-refractivity contribution is -0.138. The number of hydrogen-bond acceptors (Lipinski definition) is 5. The zero-order valence-electron chi connectivity index (χ0n) is 18.1. The molecule has 2 heterocycles. The van der Waals surface area contributed by atoms with E-state index in [-0.39, 0.29) is 19.6 Å². The molecule has 1 aliphatic heterocycles. The van der Waals surface area contributed by atoms with Crippen molar-refractivity contribution in [3.63, 3.8) is 0 Å². The fourth-order valence-electron chi connectivity index (χ4n) is 4.06. The first kappa shape index (κ1) is 22.8. The second-order valence-electron chi connectivity index (χ2n) is 7.99. The van der Waals surface area contributed by atoms with Crippen molar-refractivity contribution in [2.45, 2.75) is 57.6 Å². The van der Waals surface area contributed by atoms with Crippen LogP contribution < -0.4 is 4.90 Å². The van der Waals surface area contributed by atoms with Gasteiger partial charge in [-0.2, -0.15) is 0 Å². The molecule has 0 spiro atoms. The monoisotopic (exact) mass is 424 g/mol. The topological polar surface area (TPSA) is 75.8 Å². The Balaban J connectivity index is 1.43. The van der Waals surface area contributed by atoms with Crippen molar-refractivity contribution >= 4 is 11.7 Å². The van der Waals surface area contributed by atoms with E-state index in [1.165, 1.54) is 16.8 Å². The van der Waals surface area contributed by atoms with Crippen molar-refractivity contribution in [3.8, 4) is 0 Å². The normalized spacial score (nSPS) is 15.7. The van der Waals surface area contributed by atoms with Crippen molar-refractivity contribution in [3.05, 3.63) is 72.2 Å². The summed E-state index contributed by atoms with van der Waals surface area (Å²) in [6, 6.07) is 10.8. The fraction of sp³-hybridized carbons (Fsp3) is 0.440. The SMILES string of the molecule is C=CCC1C(=C)Cc2ccccc2N1CCCCCc1cc(COCCC(=O)O)on1. The molecule has 1 N–H and O–H groups in total. The number of carboxylic acids is 1. The minimum absolute atomic E-state index is 0.0104. The number of nitrogens with zero attached hydrogens (tertiary/aromatic N) is 2. The lowest BCUT2D eigenvalue weighted by Crippen LogP contribution is -2.41. The maximum atomic E-state index is 10.5. The van der Waals surface area contributed by atoms with Crippen LogP contribution in [0.4, 0.5) is 5.69 Å². The van der Waals surface area contributed by atoms with E-state index in [4.69, 9.17) is 14.4 Å². The van der Waals surface area contributed by atoms with Gasteiger partial charge in [0, 0.05) is 18.3 Å². The molecule has 6 heteroatoms. The Kier molecular flexibility index (Phi) is 8.47. The van der Waals surface area contributed by atoms with Gasteiger partial charge in [-0.05, 0) is 43.7 Å². The van der Waals surface area contributed by atoms with Crippen molar-refractivity contribution in [2.24, 2.45) is 0 Å². The Labute approximate surface area is 184 Å². The molecular weight excluding hydrogens is 392 g/mol. The lowest BCUT2D eigenvalue weighted by Gasteiger charge is -2.40. The van der Waals surface area contributed by atoms with Crippen molar-refractivity contribution in [1.29, 1.82) is 0 Å². The molecular formula is C25H32N2O4. The molecule has 6 nitrogen and oxygen atoms in total. The summed E-state index contributed by atoms with van der Waals surface area (Å²) in [6.45, 7) is 9.70. The summed E-state index contributed by atoms with van der Waals surface area (Å²) in [5, 5.41) is 12.7. The molecule has 1 unspecified atom stereocenters. The van der Waals surface area contributed by atoms with Crippen molar-refractivity contribution in [1.82, 2.24) is 5.16 Å². The Hall–Kier alpha value is -2.86. The largest absolute Gasteiger partial charge is 0.481 e. The average molecular weight is 425 g/mol. The van der Waals surface area contributed by atoms with E-state index in [9.17, 15) is 4.79 Å². The van der Waals surface area contributed by atoms with Crippen LogP contribution in [0.3, 0.4) is 0 Å². The van der Waals surface area contributed by atoms with Gasteiger partial charge in [-0.25, -0.2) is 0 Å². The second-order valence-corrected chi connectivity index (χ2v) is 7.99. The van der Waals surface area contributed by atoms with Gasteiger partial charge in [0.05, 0.1) is 24.8 Å². The Morgan fingerprint density at radius 3 is 2.97 bits per heavy atom. The van der Waals surface area contributed by atoms with Crippen LogP contribution in [0.5, 0.6) is 0 Å². The summed E-state index contributed by atoms with van der Waals surface area (Å²) in [5.41, 5.74) is 4.86. The number of fused-ring (bicyclic) bond motifs is 1. The summed E-state index contributed by atoms with van der Waals surface area (Å²) in [6.07, 6.45) is 7.94. The van der Waals surface area contributed by atoms with Gasteiger partial charge in [0.25, 0.3) is 0 Å². The summed E-state index contributed by atoms with van der Waals surface area (Å²) >= 11 is 0. The summed E-state index contributed by atoms with van der Waals surface area (Å²) < 4.78 is 10.6. The molecule has 0 amide bonds. The van der Waals surface area contributed by atoms with Gasteiger partial charge in [-0.3, -0.25) is 4.79 Å². The Bertz CT molecular complexity index is 889. The molecule has 0 bridgehead atoms. The number of aromatic nitrogens is 1. The molecule has 0 fully saturated rings. The number of aryl methyl sites for hydroxylation is 1. The molecule has 1 aliphatic rings. The minimum atomic E-state index is -0.869. The van der Waals surface area contributed by atoms with E-state index < -0.39 is 5.97 Å². The molecule has 1 aromatic carbocycles. The number of hydrogen-bond donors (Lipinski definition) is 1.